The van der Waals surface area contributed by atoms with Gasteiger partial charge in [-0.25, -0.2) is 4.79 Å². The van der Waals surface area contributed by atoms with E-state index in [1.165, 1.54) is 17.5 Å². The molecule has 0 aliphatic carbocycles. The van der Waals surface area contributed by atoms with Crippen molar-refractivity contribution in [1.29, 1.82) is 0 Å². The Kier molecular flexibility index (Phi) is 5.21. The van der Waals surface area contributed by atoms with E-state index in [0.29, 0.717) is 0 Å². The lowest BCUT2D eigenvalue weighted by Gasteiger charge is -2.22. The van der Waals surface area contributed by atoms with Crippen molar-refractivity contribution in [2.24, 2.45) is 0 Å². The Bertz CT molecular complexity index is 1020. The summed E-state index contributed by atoms with van der Waals surface area (Å²) < 4.78 is 126. The molecular formula is C18H9F9O3S. The standard InChI is InChI=1S/C18H9F9O3S/c1-15(29)13(10-3-2-4-31-10)12(14(28)30-15)11-8(17(22,23)24)5-7(16(19,20)21)6-9(11)18(25,26)27/h2-6,29H,1H3. The van der Waals surface area contributed by atoms with E-state index in [2.05, 4.69) is 4.74 Å². The van der Waals surface area contributed by atoms with Gasteiger partial charge in [0, 0.05) is 17.4 Å². The summed E-state index contributed by atoms with van der Waals surface area (Å²) in [6.07, 6.45) is -17.0. The Morgan fingerprint density at radius 1 is 0.935 bits per heavy atom. The monoisotopic (exact) mass is 476 g/mol. The van der Waals surface area contributed by atoms with Crippen molar-refractivity contribution >= 4 is 28.5 Å². The first-order valence-corrected chi connectivity index (χ1v) is 8.97. The maximum Gasteiger partial charge on any atom is 0.417 e. The van der Waals surface area contributed by atoms with E-state index in [1.807, 2.05) is 0 Å². The largest absolute Gasteiger partial charge is 0.425 e. The lowest BCUT2D eigenvalue weighted by Crippen LogP contribution is -2.25. The van der Waals surface area contributed by atoms with Crippen LogP contribution in [0.3, 0.4) is 0 Å². The van der Waals surface area contributed by atoms with Crippen molar-refractivity contribution in [3.63, 3.8) is 0 Å². The Morgan fingerprint density at radius 2 is 1.45 bits per heavy atom. The molecule has 3 rings (SSSR count). The van der Waals surface area contributed by atoms with Gasteiger partial charge in [-0.15, -0.1) is 11.3 Å². The maximum atomic E-state index is 13.7. The molecule has 0 saturated heterocycles. The number of esters is 1. The highest BCUT2D eigenvalue weighted by molar-refractivity contribution is 7.11. The minimum absolute atomic E-state index is 0.105. The van der Waals surface area contributed by atoms with Crippen molar-refractivity contribution in [2.45, 2.75) is 31.2 Å². The van der Waals surface area contributed by atoms with Gasteiger partial charge >= 0.3 is 24.5 Å². The Labute approximate surface area is 171 Å². The molecule has 1 atom stereocenters. The van der Waals surface area contributed by atoms with Crippen molar-refractivity contribution in [3.8, 4) is 0 Å². The number of carbonyl (C=O) groups is 1. The molecule has 3 nitrogen and oxygen atoms in total. The highest BCUT2D eigenvalue weighted by Gasteiger charge is 2.51. The average molecular weight is 476 g/mol. The molecule has 13 heteroatoms. The number of ether oxygens (including phenoxy) is 1. The first-order valence-electron chi connectivity index (χ1n) is 8.09. The van der Waals surface area contributed by atoms with E-state index >= 15 is 0 Å². The van der Waals surface area contributed by atoms with E-state index in [0.717, 1.165) is 18.3 Å². The van der Waals surface area contributed by atoms with E-state index in [4.69, 9.17) is 0 Å². The lowest BCUT2D eigenvalue weighted by atomic mass is 9.87. The molecular weight excluding hydrogens is 467 g/mol. The molecule has 1 N–H and O–H groups in total. The third-order valence-electron chi connectivity index (χ3n) is 4.30. The molecule has 2 aromatic rings. The summed E-state index contributed by atoms with van der Waals surface area (Å²) >= 11 is 0.764. The summed E-state index contributed by atoms with van der Waals surface area (Å²) in [5.74, 6) is -4.37. The van der Waals surface area contributed by atoms with Gasteiger partial charge in [0.15, 0.2) is 0 Å². The predicted octanol–water partition coefficient (Wildman–Crippen LogP) is 5.98. The molecule has 168 valence electrons. The third-order valence-corrected chi connectivity index (χ3v) is 5.19. The van der Waals surface area contributed by atoms with Gasteiger partial charge in [-0.2, -0.15) is 39.5 Å². The van der Waals surface area contributed by atoms with Gasteiger partial charge in [-0.05, 0) is 23.6 Å². The van der Waals surface area contributed by atoms with Crippen LogP contribution in [-0.2, 0) is 28.1 Å². The molecule has 2 heterocycles. The van der Waals surface area contributed by atoms with Gasteiger partial charge < -0.3 is 9.84 Å². The second-order valence-corrected chi connectivity index (χ2v) is 7.49. The molecule has 1 unspecified atom stereocenters. The molecule has 0 radical (unpaired) electrons. The second-order valence-electron chi connectivity index (χ2n) is 6.54. The smallest absolute Gasteiger partial charge is 0.417 e. The van der Waals surface area contributed by atoms with E-state index in [9.17, 15) is 49.4 Å². The Morgan fingerprint density at radius 3 is 1.84 bits per heavy atom. The highest BCUT2D eigenvalue weighted by Crippen LogP contribution is 2.51. The Balaban J connectivity index is 2.55. The molecule has 31 heavy (non-hydrogen) atoms. The number of hydrogen-bond acceptors (Lipinski definition) is 4. The van der Waals surface area contributed by atoms with Crippen molar-refractivity contribution in [2.75, 3.05) is 0 Å². The average Bonchev–Trinajstić information content (AvgIpc) is 3.16. The summed E-state index contributed by atoms with van der Waals surface area (Å²) in [7, 11) is 0. The zero-order chi connectivity index (χ0) is 23.6. The van der Waals surface area contributed by atoms with Crippen LogP contribution >= 0.6 is 11.3 Å². The second kappa shape index (κ2) is 6.99. The minimum atomic E-state index is -5.71. The Hall–Kier alpha value is -2.54. The van der Waals surface area contributed by atoms with Crippen molar-refractivity contribution < 1.29 is 54.2 Å². The molecule has 1 aromatic carbocycles. The number of thiophene rings is 1. The predicted molar refractivity (Wildman–Crippen MR) is 89.3 cm³/mol. The van der Waals surface area contributed by atoms with Crippen LogP contribution < -0.4 is 0 Å². The fraction of sp³-hybridized carbons (Fsp3) is 0.278. The number of alkyl halides is 9. The molecule has 0 saturated carbocycles. The van der Waals surface area contributed by atoms with Gasteiger partial charge in [0.1, 0.15) is 0 Å². The van der Waals surface area contributed by atoms with Gasteiger partial charge in [0.2, 0.25) is 5.79 Å². The summed E-state index contributed by atoms with van der Waals surface area (Å²) in [5, 5.41) is 11.7. The van der Waals surface area contributed by atoms with Crippen LogP contribution in [0.2, 0.25) is 0 Å². The number of benzene rings is 1. The molecule has 0 fully saturated rings. The van der Waals surface area contributed by atoms with Crippen LogP contribution in [0.4, 0.5) is 39.5 Å². The highest BCUT2D eigenvalue weighted by atomic mass is 32.1. The van der Waals surface area contributed by atoms with Crippen molar-refractivity contribution in [3.05, 3.63) is 56.8 Å². The zero-order valence-corrected chi connectivity index (χ0v) is 15.8. The SMILES string of the molecule is CC1(O)OC(=O)C(c2c(C(F)(F)F)cc(C(F)(F)F)cc2C(F)(F)F)=C1c1cccs1. The molecule has 1 aromatic heterocycles. The van der Waals surface area contributed by atoms with Crippen LogP contribution in [0.15, 0.2) is 29.6 Å². The maximum absolute atomic E-state index is 13.7. The van der Waals surface area contributed by atoms with E-state index < -0.39 is 75.8 Å². The molecule has 0 spiro atoms. The van der Waals surface area contributed by atoms with Gasteiger partial charge in [0.05, 0.1) is 27.8 Å². The van der Waals surface area contributed by atoms with Crippen LogP contribution in [0.1, 0.15) is 34.1 Å². The zero-order valence-electron chi connectivity index (χ0n) is 15.0. The third kappa shape index (κ3) is 4.15. The summed E-state index contributed by atoms with van der Waals surface area (Å²) in [6, 6.07) is 1.51. The molecule has 0 amide bonds. The first kappa shape index (κ1) is 23.1. The molecule has 1 aliphatic heterocycles. The number of aliphatic hydroxyl groups is 1. The van der Waals surface area contributed by atoms with Crippen LogP contribution in [0, 0.1) is 0 Å². The number of cyclic esters (lactones) is 1. The van der Waals surface area contributed by atoms with E-state index in [-0.39, 0.29) is 4.88 Å². The number of carbonyl (C=O) groups excluding carboxylic acids is 1. The summed E-state index contributed by atoms with van der Waals surface area (Å²) in [6.45, 7) is 0.817. The first-order chi connectivity index (χ1) is 13.9. The number of halogens is 9. The summed E-state index contributed by atoms with van der Waals surface area (Å²) in [4.78, 5) is 12.2. The van der Waals surface area contributed by atoms with Crippen LogP contribution in [0.25, 0.3) is 11.1 Å². The quantitative estimate of drug-likeness (QED) is 0.429. The summed E-state index contributed by atoms with van der Waals surface area (Å²) in [5.41, 5.74) is -10.8. The van der Waals surface area contributed by atoms with Gasteiger partial charge in [-0.3, -0.25) is 0 Å². The van der Waals surface area contributed by atoms with Crippen LogP contribution in [0.5, 0.6) is 0 Å². The fourth-order valence-corrected chi connectivity index (χ4v) is 4.01. The lowest BCUT2D eigenvalue weighted by molar-refractivity contribution is -0.169. The van der Waals surface area contributed by atoms with Gasteiger partial charge in [0.25, 0.3) is 0 Å². The topological polar surface area (TPSA) is 46.5 Å². The van der Waals surface area contributed by atoms with Crippen LogP contribution in [-0.4, -0.2) is 16.9 Å². The fourth-order valence-electron chi connectivity index (χ4n) is 3.14. The number of rotatable bonds is 2. The van der Waals surface area contributed by atoms with Gasteiger partial charge in [-0.1, -0.05) is 6.07 Å². The number of hydrogen-bond donors (Lipinski definition) is 1. The normalized spacial score (nSPS) is 20.4. The molecule has 1 aliphatic rings. The molecule has 0 bridgehead atoms. The minimum Gasteiger partial charge on any atom is -0.425 e. The van der Waals surface area contributed by atoms with Crippen molar-refractivity contribution in [1.82, 2.24) is 0 Å². The van der Waals surface area contributed by atoms with E-state index in [1.54, 1.807) is 0 Å².